The Balaban J connectivity index is 4.85. The van der Waals surface area contributed by atoms with Crippen LogP contribution in [0.3, 0.4) is 0 Å². The average Bonchev–Trinajstić information content (AvgIpc) is 1.85. The lowest BCUT2D eigenvalue weighted by molar-refractivity contribution is -0.212. The van der Waals surface area contributed by atoms with Gasteiger partial charge in [0.15, 0.2) is 6.67 Å². The molecule has 0 atom stereocenters. The Bertz CT molecular complexity index is 163. The van der Waals surface area contributed by atoms with Crippen LogP contribution >= 0.6 is 34.8 Å². The molecule has 0 aromatic carbocycles. The molecule has 0 saturated heterocycles. The molecule has 0 aliphatic heterocycles. The molecule has 74 valence electrons. The smallest absolute Gasteiger partial charge is 0.244 e. The van der Waals surface area contributed by atoms with Crippen LogP contribution in [0.2, 0.25) is 0 Å². The highest BCUT2D eigenvalue weighted by atomic mass is 35.6. The molecule has 8 heteroatoms. The van der Waals surface area contributed by atoms with Gasteiger partial charge in [-0.15, -0.1) is 0 Å². The third-order valence-electron chi connectivity index (χ3n) is 0.983. The van der Waals surface area contributed by atoms with Crippen LogP contribution in [0.15, 0.2) is 0 Å². The summed E-state index contributed by atoms with van der Waals surface area (Å²) >= 11 is 13.6. The third-order valence-corrected chi connectivity index (χ3v) is 1.70. The summed E-state index contributed by atoms with van der Waals surface area (Å²) in [6.45, 7) is -2.59. The van der Waals surface area contributed by atoms with Crippen molar-refractivity contribution in [3.8, 4) is 0 Å². The van der Waals surface area contributed by atoms with Gasteiger partial charge in [0.1, 0.15) is 0 Å². The van der Waals surface area contributed by atoms with Gasteiger partial charge in [-0.1, -0.05) is 34.8 Å². The molecule has 0 aliphatic carbocycles. The lowest BCUT2D eigenvalue weighted by Gasteiger charge is -2.29. The molecule has 0 nitrogen and oxygen atoms in total. The molecular formula is C4H2Cl3F5. The summed E-state index contributed by atoms with van der Waals surface area (Å²) < 4.78 is 56.6. The molecule has 0 unspecified atom stereocenters. The fraction of sp³-hybridized carbons (Fsp3) is 1.00. The van der Waals surface area contributed by atoms with E-state index in [1.54, 1.807) is 0 Å². The first-order chi connectivity index (χ1) is 5.06. The average molecular weight is 251 g/mol. The van der Waals surface area contributed by atoms with Crippen molar-refractivity contribution >= 4 is 34.8 Å². The molecule has 0 spiro atoms. The largest absolute Gasteiger partial charge is 0.358 e. The van der Waals surface area contributed by atoms with Crippen LogP contribution in [0, 0.1) is 0 Å². The molecule has 0 aliphatic rings. The molecule has 0 saturated carbocycles. The normalized spacial score (nSPS) is 15.0. The summed E-state index contributed by atoms with van der Waals surface area (Å²) in [6, 6.07) is 0. The number of halogens is 8. The first kappa shape index (κ1) is 12.5. The van der Waals surface area contributed by atoms with Crippen LogP contribution in [0.4, 0.5) is 22.0 Å². The first-order valence-electron chi connectivity index (χ1n) is 2.44. The van der Waals surface area contributed by atoms with E-state index >= 15 is 0 Å². The van der Waals surface area contributed by atoms with Crippen molar-refractivity contribution < 1.29 is 22.0 Å². The summed E-state index contributed by atoms with van der Waals surface area (Å²) in [5.41, 5.74) is 0. The zero-order valence-corrected chi connectivity index (χ0v) is 7.50. The highest BCUT2D eigenvalue weighted by molar-refractivity contribution is 6.68. The Morgan fingerprint density at radius 2 is 1.25 bits per heavy atom. The molecule has 0 bridgehead atoms. The summed E-state index contributed by atoms with van der Waals surface area (Å²) in [4.78, 5) is 0. The standard InChI is InChI=1S/C4H2Cl3F5/c5-4(6,7)3(11,12)2(9,10)1-8/h1H2. The minimum Gasteiger partial charge on any atom is -0.244 e. The van der Waals surface area contributed by atoms with Crippen molar-refractivity contribution in [2.45, 2.75) is 15.6 Å². The van der Waals surface area contributed by atoms with E-state index in [2.05, 4.69) is 34.8 Å². The van der Waals surface area contributed by atoms with Crippen LogP contribution in [-0.4, -0.2) is 22.3 Å². The van der Waals surface area contributed by atoms with Crippen molar-refractivity contribution in [2.75, 3.05) is 6.67 Å². The van der Waals surface area contributed by atoms with Gasteiger partial charge in [0.25, 0.3) is 3.79 Å². The van der Waals surface area contributed by atoms with Gasteiger partial charge in [-0.3, -0.25) is 0 Å². The van der Waals surface area contributed by atoms with Crippen LogP contribution < -0.4 is 0 Å². The summed E-state index contributed by atoms with van der Waals surface area (Å²) in [6.07, 6.45) is 0. The van der Waals surface area contributed by atoms with E-state index in [9.17, 15) is 22.0 Å². The number of alkyl halides is 8. The van der Waals surface area contributed by atoms with Crippen molar-refractivity contribution in [3.63, 3.8) is 0 Å². The van der Waals surface area contributed by atoms with Gasteiger partial charge in [0, 0.05) is 0 Å². The highest BCUT2D eigenvalue weighted by Crippen LogP contribution is 2.50. The molecule has 0 fully saturated rings. The number of hydrogen-bond donors (Lipinski definition) is 0. The van der Waals surface area contributed by atoms with Gasteiger partial charge < -0.3 is 0 Å². The van der Waals surface area contributed by atoms with E-state index in [-0.39, 0.29) is 0 Å². The maximum atomic E-state index is 12.3. The first-order valence-corrected chi connectivity index (χ1v) is 3.58. The van der Waals surface area contributed by atoms with Gasteiger partial charge in [0.2, 0.25) is 0 Å². The monoisotopic (exact) mass is 250 g/mol. The van der Waals surface area contributed by atoms with Crippen molar-refractivity contribution in [3.05, 3.63) is 0 Å². The number of rotatable bonds is 2. The SMILES string of the molecule is FCC(F)(F)C(F)(F)C(Cl)(Cl)Cl. The highest BCUT2D eigenvalue weighted by Gasteiger charge is 2.68. The summed E-state index contributed by atoms with van der Waals surface area (Å²) in [5.74, 6) is -10.0. The zero-order chi connectivity index (χ0) is 10.2. The zero-order valence-electron chi connectivity index (χ0n) is 5.23. The van der Waals surface area contributed by atoms with Gasteiger partial charge in [-0.2, -0.15) is 17.6 Å². The second-order valence-corrected chi connectivity index (χ2v) is 4.19. The minimum absolute atomic E-state index is 2.59. The van der Waals surface area contributed by atoms with Crippen molar-refractivity contribution in [2.24, 2.45) is 0 Å². The van der Waals surface area contributed by atoms with E-state index < -0.39 is 22.3 Å². The molecule has 12 heavy (non-hydrogen) atoms. The molecule has 0 aromatic heterocycles. The summed E-state index contributed by atoms with van der Waals surface area (Å²) in [5, 5.41) is 0. The van der Waals surface area contributed by atoms with Crippen LogP contribution in [0.1, 0.15) is 0 Å². The van der Waals surface area contributed by atoms with E-state index in [4.69, 9.17) is 0 Å². The Hall–Kier alpha value is 0.520. The van der Waals surface area contributed by atoms with E-state index in [0.717, 1.165) is 0 Å². The second-order valence-electron chi connectivity index (χ2n) is 1.91. The Morgan fingerprint density at radius 3 is 1.33 bits per heavy atom. The van der Waals surface area contributed by atoms with Crippen LogP contribution in [-0.2, 0) is 0 Å². The van der Waals surface area contributed by atoms with Crippen LogP contribution in [0.25, 0.3) is 0 Å². The van der Waals surface area contributed by atoms with Gasteiger partial charge in [0.05, 0.1) is 0 Å². The maximum absolute atomic E-state index is 12.3. The fourth-order valence-electron chi connectivity index (χ4n) is 0.291. The Morgan fingerprint density at radius 1 is 0.917 bits per heavy atom. The third kappa shape index (κ3) is 2.06. The maximum Gasteiger partial charge on any atom is 0.358 e. The fourth-order valence-corrected chi connectivity index (χ4v) is 0.706. The minimum atomic E-state index is -5.03. The molecule has 0 aromatic rings. The van der Waals surface area contributed by atoms with Crippen LogP contribution in [0.5, 0.6) is 0 Å². The van der Waals surface area contributed by atoms with Gasteiger partial charge in [-0.25, -0.2) is 4.39 Å². The molecule has 0 heterocycles. The molecule has 0 rings (SSSR count). The topological polar surface area (TPSA) is 0 Å². The quantitative estimate of drug-likeness (QED) is 0.519. The lowest BCUT2D eigenvalue weighted by Crippen LogP contribution is -2.51. The number of hydrogen-bond acceptors (Lipinski definition) is 0. The lowest BCUT2D eigenvalue weighted by atomic mass is 10.2. The molecule has 0 N–H and O–H groups in total. The predicted octanol–water partition coefficient (Wildman–Crippen LogP) is 3.60. The van der Waals surface area contributed by atoms with Gasteiger partial charge >= 0.3 is 11.8 Å². The summed E-state index contributed by atoms with van der Waals surface area (Å²) in [7, 11) is 0. The molecule has 0 amide bonds. The molecule has 0 radical (unpaired) electrons. The van der Waals surface area contributed by atoms with Gasteiger partial charge in [-0.05, 0) is 0 Å². The van der Waals surface area contributed by atoms with Crippen molar-refractivity contribution in [1.82, 2.24) is 0 Å². The second kappa shape index (κ2) is 3.35. The Kier molecular flexibility index (Phi) is 3.49. The molecular weight excluding hydrogens is 249 g/mol. The predicted molar refractivity (Wildman–Crippen MR) is 36.2 cm³/mol. The van der Waals surface area contributed by atoms with E-state index in [0.29, 0.717) is 0 Å². The van der Waals surface area contributed by atoms with E-state index in [1.807, 2.05) is 0 Å². The Labute approximate surface area is 79.6 Å². The van der Waals surface area contributed by atoms with Crippen molar-refractivity contribution in [1.29, 1.82) is 0 Å². The van der Waals surface area contributed by atoms with E-state index in [1.165, 1.54) is 0 Å².